The van der Waals surface area contributed by atoms with Crippen LogP contribution in [0.25, 0.3) is 0 Å². The van der Waals surface area contributed by atoms with Crippen LogP contribution in [-0.4, -0.2) is 12.4 Å². The van der Waals surface area contributed by atoms with Gasteiger partial charge in [0.15, 0.2) is 11.5 Å². The van der Waals surface area contributed by atoms with Crippen molar-refractivity contribution in [2.75, 3.05) is 7.11 Å². The van der Waals surface area contributed by atoms with Gasteiger partial charge >= 0.3 is 0 Å². The van der Waals surface area contributed by atoms with Gasteiger partial charge in [-0.15, -0.1) is 0 Å². The first kappa shape index (κ1) is 18.8. The molecule has 0 spiro atoms. The molecule has 0 fully saturated rings. The van der Waals surface area contributed by atoms with Crippen LogP contribution in [0, 0.1) is 0 Å². The molecule has 0 N–H and O–H groups in total. The Morgan fingerprint density at radius 3 is 1.85 bits per heavy atom. The van der Waals surface area contributed by atoms with E-state index in [1.54, 1.807) is 12.1 Å². The van der Waals surface area contributed by atoms with Crippen LogP contribution in [-0.2, 0) is 13.2 Å². The molecule has 5 heteroatoms. The van der Waals surface area contributed by atoms with Crippen LogP contribution in [0.5, 0.6) is 17.2 Å². The number of methoxy groups -OCH3 is 1. The van der Waals surface area contributed by atoms with E-state index in [0.717, 1.165) is 11.1 Å². The molecule has 3 aromatic carbocycles. The lowest BCUT2D eigenvalue weighted by molar-refractivity contribution is 0.108. The van der Waals surface area contributed by atoms with E-state index >= 15 is 0 Å². The second-order valence-corrected chi connectivity index (χ2v) is 6.17. The van der Waals surface area contributed by atoms with Crippen LogP contribution in [0.2, 0.25) is 0 Å². The van der Waals surface area contributed by atoms with Gasteiger partial charge < -0.3 is 14.2 Å². The molecule has 0 aliphatic carbocycles. The van der Waals surface area contributed by atoms with E-state index in [4.69, 9.17) is 25.8 Å². The molecule has 0 amide bonds. The van der Waals surface area contributed by atoms with Crippen molar-refractivity contribution in [3.05, 3.63) is 89.5 Å². The molecule has 0 saturated heterocycles. The van der Waals surface area contributed by atoms with E-state index in [9.17, 15) is 4.79 Å². The lowest BCUT2D eigenvalue weighted by atomic mass is 10.2. The molecule has 0 bridgehead atoms. The molecule has 27 heavy (non-hydrogen) atoms. The highest BCUT2D eigenvalue weighted by molar-refractivity contribution is 6.67. The maximum atomic E-state index is 11.6. The summed E-state index contributed by atoms with van der Waals surface area (Å²) in [6.45, 7) is 0.665. The zero-order chi connectivity index (χ0) is 19.1. The minimum atomic E-state index is -0.590. The zero-order valence-electron chi connectivity index (χ0n) is 14.9. The summed E-state index contributed by atoms with van der Waals surface area (Å²) in [6.07, 6.45) is 0. The largest absolute Gasteiger partial charge is 0.493 e. The minimum Gasteiger partial charge on any atom is -0.493 e. The van der Waals surface area contributed by atoms with E-state index < -0.39 is 5.24 Å². The van der Waals surface area contributed by atoms with Crippen LogP contribution in [0.4, 0.5) is 0 Å². The fourth-order valence-electron chi connectivity index (χ4n) is 2.56. The van der Waals surface area contributed by atoms with E-state index in [-0.39, 0.29) is 5.56 Å². The minimum absolute atomic E-state index is 0.281. The Morgan fingerprint density at radius 1 is 0.815 bits per heavy atom. The van der Waals surface area contributed by atoms with Crippen LogP contribution in [0.15, 0.2) is 72.8 Å². The topological polar surface area (TPSA) is 44.8 Å². The summed E-state index contributed by atoms with van der Waals surface area (Å²) in [4.78, 5) is 11.6. The molecule has 0 unspecified atom stereocenters. The normalized spacial score (nSPS) is 10.3. The SMILES string of the molecule is COc1cc(C(=O)Cl)cc(OCc2ccccc2)c1OCc1ccccc1. The Labute approximate surface area is 163 Å². The Hall–Kier alpha value is -2.98. The summed E-state index contributed by atoms with van der Waals surface area (Å²) in [5, 5.41) is -0.590. The van der Waals surface area contributed by atoms with Gasteiger partial charge in [-0.2, -0.15) is 0 Å². The lowest BCUT2D eigenvalue weighted by Gasteiger charge is -2.17. The number of carbonyl (C=O) groups excluding carboxylic acids is 1. The van der Waals surface area contributed by atoms with Gasteiger partial charge in [0.1, 0.15) is 13.2 Å². The molecule has 3 aromatic rings. The van der Waals surface area contributed by atoms with Crippen molar-refractivity contribution < 1.29 is 19.0 Å². The molecule has 0 atom stereocenters. The zero-order valence-corrected chi connectivity index (χ0v) is 15.6. The maximum Gasteiger partial charge on any atom is 0.252 e. The van der Waals surface area contributed by atoms with Gasteiger partial charge in [-0.1, -0.05) is 60.7 Å². The van der Waals surface area contributed by atoms with Crippen molar-refractivity contribution in [1.29, 1.82) is 0 Å². The van der Waals surface area contributed by atoms with Crippen molar-refractivity contribution in [3.63, 3.8) is 0 Å². The number of benzene rings is 3. The molecular formula is C22H19ClO4. The molecule has 138 valence electrons. The summed E-state index contributed by atoms with van der Waals surface area (Å²) in [7, 11) is 1.51. The van der Waals surface area contributed by atoms with Gasteiger partial charge in [-0.25, -0.2) is 0 Å². The summed E-state index contributed by atoms with van der Waals surface area (Å²) < 4.78 is 17.3. The molecule has 0 saturated carbocycles. The van der Waals surface area contributed by atoms with Crippen molar-refractivity contribution in [3.8, 4) is 17.2 Å². The summed E-state index contributed by atoms with van der Waals surface area (Å²) in [6, 6.07) is 22.6. The monoisotopic (exact) mass is 382 g/mol. The highest BCUT2D eigenvalue weighted by Gasteiger charge is 2.18. The van der Waals surface area contributed by atoms with Gasteiger partial charge in [0.05, 0.1) is 7.11 Å². The van der Waals surface area contributed by atoms with Crippen molar-refractivity contribution in [2.45, 2.75) is 13.2 Å². The second kappa shape index (κ2) is 9.10. The van der Waals surface area contributed by atoms with Crippen LogP contribution >= 0.6 is 11.6 Å². The smallest absolute Gasteiger partial charge is 0.252 e. The summed E-state index contributed by atoms with van der Waals surface area (Å²) in [5.74, 6) is 1.22. The number of halogens is 1. The standard InChI is InChI=1S/C22H19ClO4/c1-25-19-12-18(22(23)24)13-20(26-14-16-8-4-2-5-9-16)21(19)27-15-17-10-6-3-7-11-17/h2-13H,14-15H2,1H3. The average molecular weight is 383 g/mol. The third-order valence-corrected chi connectivity index (χ3v) is 4.15. The Bertz CT molecular complexity index is 895. The fourth-order valence-corrected chi connectivity index (χ4v) is 2.67. The highest BCUT2D eigenvalue weighted by atomic mass is 35.5. The van der Waals surface area contributed by atoms with Gasteiger partial charge in [-0.05, 0) is 34.9 Å². The van der Waals surface area contributed by atoms with Gasteiger partial charge in [0.2, 0.25) is 5.75 Å². The number of hydrogen-bond acceptors (Lipinski definition) is 4. The predicted octanol–water partition coefficient (Wildman–Crippen LogP) is 5.23. The van der Waals surface area contributed by atoms with E-state index in [2.05, 4.69) is 0 Å². The maximum absolute atomic E-state index is 11.6. The van der Waals surface area contributed by atoms with Crippen molar-refractivity contribution in [2.24, 2.45) is 0 Å². The summed E-state index contributed by atoms with van der Waals surface area (Å²) in [5.41, 5.74) is 2.28. The third-order valence-electron chi connectivity index (χ3n) is 3.93. The Morgan fingerprint density at radius 2 is 1.33 bits per heavy atom. The molecular weight excluding hydrogens is 364 g/mol. The molecule has 0 heterocycles. The number of carbonyl (C=O) groups is 1. The average Bonchev–Trinajstić information content (AvgIpc) is 2.71. The first-order valence-electron chi connectivity index (χ1n) is 8.42. The Balaban J connectivity index is 1.89. The van der Waals surface area contributed by atoms with E-state index in [0.29, 0.717) is 30.5 Å². The molecule has 0 aliphatic heterocycles. The lowest BCUT2D eigenvalue weighted by Crippen LogP contribution is -2.04. The second-order valence-electron chi connectivity index (χ2n) is 5.83. The third kappa shape index (κ3) is 5.02. The first-order valence-corrected chi connectivity index (χ1v) is 8.80. The molecule has 4 nitrogen and oxygen atoms in total. The van der Waals surface area contributed by atoms with E-state index in [1.165, 1.54) is 7.11 Å². The molecule has 0 aromatic heterocycles. The number of rotatable bonds is 8. The van der Waals surface area contributed by atoms with Crippen LogP contribution in [0.3, 0.4) is 0 Å². The van der Waals surface area contributed by atoms with Gasteiger partial charge in [-0.3, -0.25) is 4.79 Å². The number of ether oxygens (including phenoxy) is 3. The first-order chi connectivity index (χ1) is 13.2. The predicted molar refractivity (Wildman–Crippen MR) is 105 cm³/mol. The number of hydrogen-bond donors (Lipinski definition) is 0. The molecule has 0 radical (unpaired) electrons. The Kier molecular flexibility index (Phi) is 6.34. The van der Waals surface area contributed by atoms with Crippen LogP contribution in [0.1, 0.15) is 21.5 Å². The highest BCUT2D eigenvalue weighted by Crippen LogP contribution is 2.40. The van der Waals surface area contributed by atoms with Crippen molar-refractivity contribution in [1.82, 2.24) is 0 Å². The fraction of sp³-hybridized carbons (Fsp3) is 0.136. The van der Waals surface area contributed by atoms with E-state index in [1.807, 2.05) is 60.7 Å². The summed E-state index contributed by atoms with van der Waals surface area (Å²) >= 11 is 5.66. The van der Waals surface area contributed by atoms with Gasteiger partial charge in [0, 0.05) is 5.56 Å². The molecule has 3 rings (SSSR count). The molecule has 0 aliphatic rings. The van der Waals surface area contributed by atoms with Gasteiger partial charge in [0.25, 0.3) is 5.24 Å². The quantitative estimate of drug-likeness (QED) is 0.500. The van der Waals surface area contributed by atoms with Crippen LogP contribution < -0.4 is 14.2 Å². The van der Waals surface area contributed by atoms with Crippen molar-refractivity contribution >= 4 is 16.8 Å².